The Labute approximate surface area is 183 Å². The molecular weight excluding hydrogens is 404 g/mol. The summed E-state index contributed by atoms with van der Waals surface area (Å²) in [6.45, 7) is 1.92. The zero-order chi connectivity index (χ0) is 22.2. The molecular formula is C23H18N8O. The summed E-state index contributed by atoms with van der Waals surface area (Å²) in [7, 11) is 0. The number of benzene rings is 1. The van der Waals surface area contributed by atoms with Gasteiger partial charge in [-0.15, -0.1) is 0 Å². The molecule has 0 radical (unpaired) electrons. The maximum absolute atomic E-state index is 13.0. The van der Waals surface area contributed by atoms with Crippen molar-refractivity contribution in [2.24, 2.45) is 0 Å². The van der Waals surface area contributed by atoms with Crippen LogP contribution in [0.15, 0.2) is 47.5 Å². The Hall–Kier alpha value is -4.37. The molecule has 0 amide bonds. The molecule has 4 aromatic rings. The van der Waals surface area contributed by atoms with Gasteiger partial charge in [-0.1, -0.05) is 12.1 Å². The Morgan fingerprint density at radius 1 is 1.09 bits per heavy atom. The van der Waals surface area contributed by atoms with Crippen LogP contribution in [-0.4, -0.2) is 29.7 Å². The van der Waals surface area contributed by atoms with Gasteiger partial charge in [-0.2, -0.15) is 15.6 Å². The van der Waals surface area contributed by atoms with Crippen LogP contribution < -0.4 is 5.56 Å². The largest absolute Gasteiger partial charge is 0.310 e. The van der Waals surface area contributed by atoms with Crippen LogP contribution >= 0.6 is 0 Å². The summed E-state index contributed by atoms with van der Waals surface area (Å²) < 4.78 is 1.61. The highest BCUT2D eigenvalue weighted by atomic mass is 16.1. The fourth-order valence-corrected chi connectivity index (χ4v) is 4.20. The van der Waals surface area contributed by atoms with Gasteiger partial charge in [0, 0.05) is 24.2 Å². The zero-order valence-corrected chi connectivity index (χ0v) is 17.2. The second-order valence-corrected chi connectivity index (χ2v) is 7.86. The lowest BCUT2D eigenvalue weighted by Gasteiger charge is -2.34. The molecule has 1 saturated carbocycles. The summed E-state index contributed by atoms with van der Waals surface area (Å²) in [6.07, 6.45) is 5.21. The van der Waals surface area contributed by atoms with E-state index in [1.165, 1.54) is 0 Å². The monoisotopic (exact) mass is 422 g/mol. The Kier molecular flexibility index (Phi) is 4.72. The third-order valence-corrected chi connectivity index (χ3v) is 6.12. The van der Waals surface area contributed by atoms with Crippen LogP contribution in [0, 0.1) is 22.7 Å². The lowest BCUT2D eigenvalue weighted by molar-refractivity contribution is 0.319. The summed E-state index contributed by atoms with van der Waals surface area (Å²) >= 11 is 0. The molecule has 0 spiro atoms. The predicted octanol–water partition coefficient (Wildman–Crippen LogP) is 2.92. The van der Waals surface area contributed by atoms with E-state index >= 15 is 0 Å². The molecule has 1 aliphatic rings. The Morgan fingerprint density at radius 3 is 2.44 bits per heavy atom. The van der Waals surface area contributed by atoms with Gasteiger partial charge in [-0.25, -0.2) is 19.6 Å². The molecule has 1 N–H and O–H groups in total. The number of fused-ring (bicyclic) bond motifs is 1. The first-order chi connectivity index (χ1) is 15.6. The highest BCUT2D eigenvalue weighted by Crippen LogP contribution is 2.46. The van der Waals surface area contributed by atoms with Crippen molar-refractivity contribution >= 4 is 11.0 Å². The summed E-state index contributed by atoms with van der Waals surface area (Å²) in [5.74, 6) is 1.38. The highest BCUT2D eigenvalue weighted by Gasteiger charge is 2.37. The van der Waals surface area contributed by atoms with Gasteiger partial charge < -0.3 is 4.98 Å². The van der Waals surface area contributed by atoms with Crippen molar-refractivity contribution in [1.82, 2.24) is 29.7 Å². The molecule has 1 aromatic carbocycles. The van der Waals surface area contributed by atoms with Crippen molar-refractivity contribution in [3.63, 3.8) is 0 Å². The number of hydrogen-bond donors (Lipinski definition) is 1. The standard InChI is InChI=1S/C23H18N8O/c1-13(15-5-3-14(11-24)4-6-15)31-22-19(18(12-25)30-31)23(32)29-21(28-22)17-8-7-16(17)20-26-9-2-10-27-20/h2-6,9-10,13,16-17H,7-8H2,1H3,(H,28,29,32)/t13-,16+,17+/m0/s1. The minimum absolute atomic E-state index is 0.00592. The van der Waals surface area contributed by atoms with Crippen LogP contribution in [-0.2, 0) is 0 Å². The average Bonchev–Trinajstić information content (AvgIpc) is 3.18. The second kappa shape index (κ2) is 7.71. The van der Waals surface area contributed by atoms with E-state index in [1.54, 1.807) is 35.3 Å². The molecule has 3 aromatic heterocycles. The van der Waals surface area contributed by atoms with Crippen molar-refractivity contribution < 1.29 is 0 Å². The molecule has 9 nitrogen and oxygen atoms in total. The van der Waals surface area contributed by atoms with Crippen molar-refractivity contribution in [2.75, 3.05) is 0 Å². The number of nitriles is 2. The van der Waals surface area contributed by atoms with E-state index < -0.39 is 0 Å². The number of H-pyrrole nitrogens is 1. The van der Waals surface area contributed by atoms with Crippen molar-refractivity contribution in [3.8, 4) is 12.1 Å². The molecule has 156 valence electrons. The summed E-state index contributed by atoms with van der Waals surface area (Å²) in [6, 6.07) is 12.7. The van der Waals surface area contributed by atoms with Gasteiger partial charge in [0.1, 0.15) is 23.1 Å². The van der Waals surface area contributed by atoms with E-state index in [1.807, 2.05) is 25.1 Å². The zero-order valence-electron chi connectivity index (χ0n) is 17.2. The molecule has 32 heavy (non-hydrogen) atoms. The first-order valence-corrected chi connectivity index (χ1v) is 10.3. The molecule has 3 heterocycles. The molecule has 9 heteroatoms. The maximum atomic E-state index is 13.0. The lowest BCUT2D eigenvalue weighted by Crippen LogP contribution is -2.28. The SMILES string of the molecule is C[C@@H](c1ccc(C#N)cc1)n1nc(C#N)c2c(=O)[nH]c([C@@H]3CC[C@H]3c3ncccn3)nc21. The summed E-state index contributed by atoms with van der Waals surface area (Å²) in [5, 5.41) is 23.2. The molecule has 0 aliphatic heterocycles. The van der Waals surface area contributed by atoms with Crippen LogP contribution in [0.25, 0.3) is 11.0 Å². The average molecular weight is 422 g/mol. The number of hydrogen-bond acceptors (Lipinski definition) is 7. The minimum Gasteiger partial charge on any atom is -0.310 e. The Morgan fingerprint density at radius 2 is 1.81 bits per heavy atom. The van der Waals surface area contributed by atoms with Gasteiger partial charge >= 0.3 is 0 Å². The predicted molar refractivity (Wildman–Crippen MR) is 115 cm³/mol. The van der Waals surface area contributed by atoms with E-state index in [0.717, 1.165) is 24.2 Å². The number of nitrogens with one attached hydrogen (secondary N) is 1. The fourth-order valence-electron chi connectivity index (χ4n) is 4.20. The smallest absolute Gasteiger partial charge is 0.263 e. The molecule has 0 bridgehead atoms. The first kappa shape index (κ1) is 19.6. The Bertz CT molecular complexity index is 1440. The number of aromatic amines is 1. The lowest BCUT2D eigenvalue weighted by atomic mass is 9.72. The van der Waals surface area contributed by atoms with Gasteiger partial charge in [0.2, 0.25) is 0 Å². The fraction of sp³-hybridized carbons (Fsp3) is 0.261. The molecule has 1 aliphatic carbocycles. The highest BCUT2D eigenvalue weighted by molar-refractivity contribution is 5.80. The second-order valence-electron chi connectivity index (χ2n) is 7.86. The summed E-state index contributed by atoms with van der Waals surface area (Å²) in [5.41, 5.74) is 1.48. The molecule has 0 unspecified atom stereocenters. The van der Waals surface area contributed by atoms with E-state index in [4.69, 9.17) is 10.2 Å². The van der Waals surface area contributed by atoms with Crippen molar-refractivity contribution in [2.45, 2.75) is 37.6 Å². The quantitative estimate of drug-likeness (QED) is 0.534. The van der Waals surface area contributed by atoms with Crippen LogP contribution in [0.5, 0.6) is 0 Å². The third-order valence-electron chi connectivity index (χ3n) is 6.12. The molecule has 0 saturated heterocycles. The van der Waals surface area contributed by atoms with Crippen molar-refractivity contribution in [3.05, 3.63) is 81.5 Å². The number of nitrogens with zero attached hydrogens (tertiary/aromatic N) is 7. The normalized spacial score (nSPS) is 18.5. The number of aromatic nitrogens is 6. The van der Waals surface area contributed by atoms with E-state index in [-0.39, 0.29) is 34.5 Å². The van der Waals surface area contributed by atoms with E-state index in [9.17, 15) is 10.1 Å². The first-order valence-electron chi connectivity index (χ1n) is 10.3. The van der Waals surface area contributed by atoms with Crippen molar-refractivity contribution in [1.29, 1.82) is 10.5 Å². The molecule has 3 atom stereocenters. The van der Waals surface area contributed by atoms with Crippen LogP contribution in [0.4, 0.5) is 0 Å². The van der Waals surface area contributed by atoms with Gasteiger partial charge in [-0.05, 0) is 43.5 Å². The van der Waals surface area contributed by atoms with Gasteiger partial charge in [0.25, 0.3) is 5.56 Å². The van der Waals surface area contributed by atoms with Gasteiger partial charge in [0.05, 0.1) is 17.7 Å². The third kappa shape index (κ3) is 3.12. The van der Waals surface area contributed by atoms with Gasteiger partial charge in [-0.3, -0.25) is 4.79 Å². The van der Waals surface area contributed by atoms with Crippen LogP contribution in [0.1, 0.15) is 66.1 Å². The van der Waals surface area contributed by atoms with E-state index in [2.05, 4.69) is 26.1 Å². The van der Waals surface area contributed by atoms with Gasteiger partial charge in [0.15, 0.2) is 11.3 Å². The Balaban J connectivity index is 1.60. The maximum Gasteiger partial charge on any atom is 0.263 e. The number of rotatable bonds is 4. The molecule has 1 fully saturated rings. The topological polar surface area (TPSA) is 137 Å². The van der Waals surface area contributed by atoms with Crippen LogP contribution in [0.3, 0.4) is 0 Å². The van der Waals surface area contributed by atoms with Crippen LogP contribution in [0.2, 0.25) is 0 Å². The summed E-state index contributed by atoms with van der Waals surface area (Å²) in [4.78, 5) is 29.3. The molecule has 5 rings (SSSR count). The van der Waals surface area contributed by atoms with E-state index in [0.29, 0.717) is 17.0 Å². The minimum atomic E-state index is -0.376.